The van der Waals surface area contributed by atoms with Gasteiger partial charge in [-0.1, -0.05) is 64.9 Å². The average molecular weight is 581 g/mol. The standard InChI is InChI=1S/C27H26BrN5O3S/c1-3-14-36-23-13-12-19(15-24(23)35-2)17-29-30-25(34)18-37-27-32-31-26(20-8-7-9-21(28)16-20)33(27)22-10-5-4-6-11-22/h4-13,15-17H,3,14,18H2,1-2H3,(H,30,34)/b29-17-. The van der Waals surface area contributed by atoms with Gasteiger partial charge in [-0.2, -0.15) is 5.10 Å². The van der Waals surface area contributed by atoms with E-state index in [4.69, 9.17) is 9.47 Å². The summed E-state index contributed by atoms with van der Waals surface area (Å²) >= 11 is 4.80. The number of para-hydroxylation sites is 1. The lowest BCUT2D eigenvalue weighted by Crippen LogP contribution is -2.20. The number of hydrazone groups is 1. The quantitative estimate of drug-likeness (QED) is 0.138. The molecule has 1 N–H and O–H groups in total. The molecule has 1 aromatic heterocycles. The third-order valence-electron chi connectivity index (χ3n) is 5.12. The first-order valence-electron chi connectivity index (χ1n) is 11.6. The molecule has 190 valence electrons. The maximum Gasteiger partial charge on any atom is 0.250 e. The number of benzene rings is 3. The van der Waals surface area contributed by atoms with Gasteiger partial charge in [0.1, 0.15) is 0 Å². The van der Waals surface area contributed by atoms with Crippen LogP contribution in [0.4, 0.5) is 0 Å². The van der Waals surface area contributed by atoms with Gasteiger partial charge in [-0.15, -0.1) is 10.2 Å². The van der Waals surface area contributed by atoms with E-state index in [9.17, 15) is 4.79 Å². The Kier molecular flexibility index (Phi) is 9.34. The summed E-state index contributed by atoms with van der Waals surface area (Å²) < 4.78 is 13.9. The van der Waals surface area contributed by atoms with Gasteiger partial charge in [0.2, 0.25) is 0 Å². The summed E-state index contributed by atoms with van der Waals surface area (Å²) in [6, 6.07) is 23.2. The number of halogens is 1. The van der Waals surface area contributed by atoms with E-state index in [-0.39, 0.29) is 11.7 Å². The zero-order valence-corrected chi connectivity index (χ0v) is 22.8. The number of ether oxygens (including phenoxy) is 2. The largest absolute Gasteiger partial charge is 0.493 e. The summed E-state index contributed by atoms with van der Waals surface area (Å²) in [6.45, 7) is 2.65. The Morgan fingerprint density at radius 3 is 2.68 bits per heavy atom. The van der Waals surface area contributed by atoms with Gasteiger partial charge in [0.05, 0.1) is 25.7 Å². The molecule has 0 fully saturated rings. The lowest BCUT2D eigenvalue weighted by atomic mass is 10.2. The summed E-state index contributed by atoms with van der Waals surface area (Å²) in [5.41, 5.74) is 5.16. The average Bonchev–Trinajstić information content (AvgIpc) is 3.35. The Bertz CT molecular complexity index is 1380. The van der Waals surface area contributed by atoms with E-state index in [0.29, 0.717) is 29.1 Å². The molecule has 37 heavy (non-hydrogen) atoms. The van der Waals surface area contributed by atoms with E-state index < -0.39 is 0 Å². The van der Waals surface area contributed by atoms with Gasteiger partial charge < -0.3 is 9.47 Å². The Morgan fingerprint density at radius 2 is 1.92 bits per heavy atom. The van der Waals surface area contributed by atoms with Gasteiger partial charge >= 0.3 is 0 Å². The molecule has 0 unspecified atom stereocenters. The smallest absolute Gasteiger partial charge is 0.250 e. The lowest BCUT2D eigenvalue weighted by Gasteiger charge is -2.10. The molecule has 0 radical (unpaired) electrons. The highest BCUT2D eigenvalue weighted by atomic mass is 79.9. The molecular weight excluding hydrogens is 554 g/mol. The van der Waals surface area contributed by atoms with Crippen molar-refractivity contribution in [1.82, 2.24) is 20.2 Å². The van der Waals surface area contributed by atoms with E-state index in [1.165, 1.54) is 11.8 Å². The molecule has 0 spiro atoms. The fourth-order valence-corrected chi connectivity index (χ4v) is 4.57. The van der Waals surface area contributed by atoms with Crippen molar-refractivity contribution in [2.24, 2.45) is 5.10 Å². The van der Waals surface area contributed by atoms with Crippen LogP contribution in [-0.4, -0.2) is 46.4 Å². The minimum Gasteiger partial charge on any atom is -0.493 e. The highest BCUT2D eigenvalue weighted by molar-refractivity contribution is 9.10. The van der Waals surface area contributed by atoms with Crippen molar-refractivity contribution in [3.8, 4) is 28.6 Å². The second-order valence-electron chi connectivity index (χ2n) is 7.83. The molecule has 4 aromatic rings. The van der Waals surface area contributed by atoms with Gasteiger partial charge in [0.15, 0.2) is 22.5 Å². The molecular formula is C27H26BrN5O3S. The first-order valence-corrected chi connectivity index (χ1v) is 13.4. The fraction of sp³-hybridized carbons (Fsp3) is 0.185. The van der Waals surface area contributed by atoms with Gasteiger partial charge in [-0.05, 0) is 54.4 Å². The number of hydrogen-bond acceptors (Lipinski definition) is 7. The summed E-state index contributed by atoms with van der Waals surface area (Å²) in [6.07, 6.45) is 2.47. The monoisotopic (exact) mass is 579 g/mol. The van der Waals surface area contributed by atoms with Gasteiger partial charge in [0.25, 0.3) is 5.91 Å². The van der Waals surface area contributed by atoms with Crippen molar-refractivity contribution in [2.75, 3.05) is 19.5 Å². The van der Waals surface area contributed by atoms with Crippen molar-refractivity contribution < 1.29 is 14.3 Å². The van der Waals surface area contributed by atoms with E-state index in [1.807, 2.05) is 78.2 Å². The Balaban J connectivity index is 1.43. The normalized spacial score (nSPS) is 11.0. The molecule has 10 heteroatoms. The van der Waals surface area contributed by atoms with E-state index in [2.05, 4.69) is 36.7 Å². The summed E-state index contributed by atoms with van der Waals surface area (Å²) in [7, 11) is 1.59. The summed E-state index contributed by atoms with van der Waals surface area (Å²) in [5.74, 6) is 1.83. The SMILES string of the molecule is CCCOc1ccc(/C=N\NC(=O)CSc2nnc(-c3cccc(Br)c3)n2-c2ccccc2)cc1OC. The molecule has 0 bridgehead atoms. The minimum absolute atomic E-state index is 0.119. The number of aromatic nitrogens is 3. The highest BCUT2D eigenvalue weighted by Gasteiger charge is 2.17. The molecule has 1 amide bonds. The van der Waals surface area contributed by atoms with Crippen LogP contribution in [0.1, 0.15) is 18.9 Å². The molecule has 8 nitrogen and oxygen atoms in total. The molecule has 0 aliphatic rings. The number of carbonyl (C=O) groups is 1. The van der Waals surface area contributed by atoms with Crippen LogP contribution in [0.5, 0.6) is 11.5 Å². The Labute approximate surface area is 228 Å². The summed E-state index contributed by atoms with van der Waals surface area (Å²) in [4.78, 5) is 12.5. The maximum atomic E-state index is 12.5. The van der Waals surface area contributed by atoms with E-state index in [0.717, 1.165) is 27.7 Å². The van der Waals surface area contributed by atoms with Crippen molar-refractivity contribution in [1.29, 1.82) is 0 Å². The van der Waals surface area contributed by atoms with Crippen LogP contribution < -0.4 is 14.9 Å². The number of hydrogen-bond donors (Lipinski definition) is 1. The molecule has 0 saturated heterocycles. The molecule has 0 atom stereocenters. The van der Waals surface area contributed by atoms with Crippen LogP contribution in [0.2, 0.25) is 0 Å². The number of amides is 1. The third-order valence-corrected chi connectivity index (χ3v) is 6.54. The van der Waals surface area contributed by atoms with Gasteiger partial charge in [0, 0.05) is 15.7 Å². The topological polar surface area (TPSA) is 90.6 Å². The van der Waals surface area contributed by atoms with Crippen LogP contribution in [0.3, 0.4) is 0 Å². The van der Waals surface area contributed by atoms with E-state index in [1.54, 1.807) is 19.4 Å². The zero-order valence-electron chi connectivity index (χ0n) is 20.4. The number of thioether (sulfide) groups is 1. The Morgan fingerprint density at radius 1 is 1.08 bits per heavy atom. The Hall–Kier alpha value is -3.63. The number of rotatable bonds is 11. The molecule has 3 aromatic carbocycles. The zero-order chi connectivity index (χ0) is 26.0. The molecule has 4 rings (SSSR count). The van der Waals surface area contributed by atoms with Crippen molar-refractivity contribution in [2.45, 2.75) is 18.5 Å². The predicted octanol–water partition coefficient (Wildman–Crippen LogP) is 5.74. The number of nitrogens with one attached hydrogen (secondary N) is 1. The second-order valence-corrected chi connectivity index (χ2v) is 9.69. The number of nitrogens with zero attached hydrogens (tertiary/aromatic N) is 4. The second kappa shape index (κ2) is 13.1. The van der Waals surface area contributed by atoms with Crippen LogP contribution in [0.15, 0.2) is 87.5 Å². The minimum atomic E-state index is -0.261. The molecule has 1 heterocycles. The van der Waals surface area contributed by atoms with Crippen LogP contribution in [0, 0.1) is 0 Å². The van der Waals surface area contributed by atoms with Crippen LogP contribution in [-0.2, 0) is 4.79 Å². The first-order chi connectivity index (χ1) is 18.1. The number of methoxy groups -OCH3 is 1. The molecule has 0 aliphatic carbocycles. The maximum absolute atomic E-state index is 12.5. The van der Waals surface area contributed by atoms with Crippen molar-refractivity contribution >= 4 is 39.8 Å². The number of carbonyl (C=O) groups excluding carboxylic acids is 1. The highest BCUT2D eigenvalue weighted by Crippen LogP contribution is 2.29. The predicted molar refractivity (Wildman–Crippen MR) is 150 cm³/mol. The fourth-order valence-electron chi connectivity index (χ4n) is 3.42. The van der Waals surface area contributed by atoms with Gasteiger partial charge in [-0.3, -0.25) is 9.36 Å². The summed E-state index contributed by atoms with van der Waals surface area (Å²) in [5, 5.41) is 13.5. The van der Waals surface area contributed by atoms with Crippen LogP contribution >= 0.6 is 27.7 Å². The van der Waals surface area contributed by atoms with Crippen molar-refractivity contribution in [3.63, 3.8) is 0 Å². The molecule has 0 saturated carbocycles. The molecule has 0 aliphatic heterocycles. The first kappa shape index (κ1) is 26.4. The lowest BCUT2D eigenvalue weighted by molar-refractivity contribution is -0.118. The van der Waals surface area contributed by atoms with Crippen molar-refractivity contribution in [3.05, 3.63) is 82.8 Å². The third kappa shape index (κ3) is 6.99. The van der Waals surface area contributed by atoms with E-state index >= 15 is 0 Å². The van der Waals surface area contributed by atoms with Gasteiger partial charge in [-0.25, -0.2) is 5.43 Å². The van der Waals surface area contributed by atoms with Crippen LogP contribution in [0.25, 0.3) is 17.1 Å².